The number of carbonyl (C=O) groups excluding carboxylic acids is 2. The van der Waals surface area contributed by atoms with Crippen LogP contribution in [0, 0.1) is 0 Å². The largest absolute Gasteiger partial charge is 0.497 e. The lowest BCUT2D eigenvalue weighted by atomic mass is 10.2. The quantitative estimate of drug-likeness (QED) is 0.644. The normalized spacial score (nSPS) is 10.0. The molecule has 1 amide bonds. The first-order valence-electron chi connectivity index (χ1n) is 6.84. The van der Waals surface area contributed by atoms with Gasteiger partial charge in [0.25, 0.3) is 5.91 Å². The predicted octanol–water partition coefficient (Wildman–Crippen LogP) is 1.81. The molecule has 0 aliphatic rings. The summed E-state index contributed by atoms with van der Waals surface area (Å²) >= 11 is 0. The van der Waals surface area contributed by atoms with Gasteiger partial charge in [-0.15, -0.1) is 0 Å². The molecule has 1 aromatic heterocycles. The third-order valence-electron chi connectivity index (χ3n) is 2.93. The van der Waals surface area contributed by atoms with E-state index in [1.54, 1.807) is 19.1 Å². The number of pyridine rings is 1. The van der Waals surface area contributed by atoms with E-state index in [4.69, 9.17) is 19.9 Å². The van der Waals surface area contributed by atoms with Gasteiger partial charge in [0.15, 0.2) is 0 Å². The highest BCUT2D eigenvalue weighted by Crippen LogP contribution is 2.26. The number of aromatic nitrogens is 1. The van der Waals surface area contributed by atoms with E-state index in [2.05, 4.69) is 4.98 Å². The second kappa shape index (κ2) is 7.26. The van der Waals surface area contributed by atoms with E-state index in [0.717, 1.165) is 0 Å². The zero-order valence-corrected chi connectivity index (χ0v) is 12.7. The van der Waals surface area contributed by atoms with Crippen molar-refractivity contribution in [1.82, 2.24) is 4.98 Å². The summed E-state index contributed by atoms with van der Waals surface area (Å²) in [6, 6.07) is 7.49. The van der Waals surface area contributed by atoms with Gasteiger partial charge in [-0.2, -0.15) is 0 Å². The first-order chi connectivity index (χ1) is 11.1. The van der Waals surface area contributed by atoms with Crippen LogP contribution >= 0.6 is 0 Å². The highest BCUT2D eigenvalue weighted by Gasteiger charge is 2.19. The summed E-state index contributed by atoms with van der Waals surface area (Å²) in [6.45, 7) is 2.13. The molecule has 0 bridgehead atoms. The molecule has 120 valence electrons. The Morgan fingerprint density at radius 3 is 2.65 bits per heavy atom. The Labute approximate surface area is 133 Å². The van der Waals surface area contributed by atoms with Crippen LogP contribution in [0.2, 0.25) is 0 Å². The van der Waals surface area contributed by atoms with Crippen molar-refractivity contribution in [1.29, 1.82) is 0 Å². The summed E-state index contributed by atoms with van der Waals surface area (Å²) in [4.78, 5) is 27.8. The number of carbonyl (C=O) groups is 2. The third kappa shape index (κ3) is 3.76. The molecule has 7 heteroatoms. The average molecular weight is 316 g/mol. The van der Waals surface area contributed by atoms with Crippen LogP contribution in [-0.2, 0) is 0 Å². The molecule has 0 radical (unpaired) electrons. The van der Waals surface area contributed by atoms with E-state index in [0.29, 0.717) is 12.4 Å². The number of primary amides is 1. The summed E-state index contributed by atoms with van der Waals surface area (Å²) in [6.07, 6.45) is 1.50. The minimum Gasteiger partial charge on any atom is -0.497 e. The third-order valence-corrected chi connectivity index (χ3v) is 2.93. The predicted molar refractivity (Wildman–Crippen MR) is 81.9 cm³/mol. The van der Waals surface area contributed by atoms with Gasteiger partial charge in [-0.1, -0.05) is 0 Å². The maximum absolute atomic E-state index is 12.3. The average Bonchev–Trinajstić information content (AvgIpc) is 2.55. The van der Waals surface area contributed by atoms with Gasteiger partial charge in [0.2, 0.25) is 5.88 Å². The van der Waals surface area contributed by atoms with Crippen molar-refractivity contribution in [3.05, 3.63) is 47.7 Å². The lowest BCUT2D eigenvalue weighted by Gasteiger charge is -2.11. The van der Waals surface area contributed by atoms with Crippen molar-refractivity contribution < 1.29 is 23.8 Å². The van der Waals surface area contributed by atoms with Crippen molar-refractivity contribution in [3.8, 4) is 17.4 Å². The van der Waals surface area contributed by atoms with Crippen LogP contribution in [0.15, 0.2) is 36.5 Å². The Balaban J connectivity index is 2.35. The van der Waals surface area contributed by atoms with Crippen LogP contribution in [-0.4, -0.2) is 30.6 Å². The molecule has 0 aliphatic heterocycles. The number of hydrogen-bond donors (Lipinski definition) is 1. The molecule has 1 heterocycles. The molecule has 0 unspecified atom stereocenters. The number of esters is 1. The molecule has 7 nitrogen and oxygen atoms in total. The van der Waals surface area contributed by atoms with Crippen molar-refractivity contribution in [3.63, 3.8) is 0 Å². The lowest BCUT2D eigenvalue weighted by molar-refractivity contribution is 0.0727. The van der Waals surface area contributed by atoms with Crippen molar-refractivity contribution >= 4 is 11.9 Å². The highest BCUT2D eigenvalue weighted by atomic mass is 16.5. The van der Waals surface area contributed by atoms with Gasteiger partial charge in [-0.25, -0.2) is 9.78 Å². The monoisotopic (exact) mass is 316 g/mol. The first-order valence-corrected chi connectivity index (χ1v) is 6.84. The molecule has 0 fully saturated rings. The van der Waals surface area contributed by atoms with E-state index < -0.39 is 11.9 Å². The number of nitrogens with two attached hydrogens (primary N) is 1. The van der Waals surface area contributed by atoms with Crippen molar-refractivity contribution in [2.24, 2.45) is 5.73 Å². The SMILES string of the molecule is CCOc1ncccc1C(=O)Oc1cc(OC)ccc1C(N)=O. The zero-order valence-electron chi connectivity index (χ0n) is 12.7. The Morgan fingerprint density at radius 1 is 1.22 bits per heavy atom. The molecule has 1 aromatic carbocycles. The number of methoxy groups -OCH3 is 1. The maximum Gasteiger partial charge on any atom is 0.349 e. The summed E-state index contributed by atoms with van der Waals surface area (Å²) in [5, 5.41) is 0. The molecule has 0 aliphatic carbocycles. The summed E-state index contributed by atoms with van der Waals surface area (Å²) in [7, 11) is 1.46. The van der Waals surface area contributed by atoms with Crippen molar-refractivity contribution in [2.45, 2.75) is 6.92 Å². The zero-order chi connectivity index (χ0) is 16.8. The Morgan fingerprint density at radius 2 is 2.00 bits per heavy atom. The number of nitrogens with zero attached hydrogens (tertiary/aromatic N) is 1. The van der Waals surface area contributed by atoms with Gasteiger partial charge in [0.05, 0.1) is 19.3 Å². The number of amides is 1. The molecular formula is C16H16N2O5. The topological polar surface area (TPSA) is 101 Å². The van der Waals surface area contributed by atoms with Gasteiger partial charge in [-0.3, -0.25) is 4.79 Å². The minimum absolute atomic E-state index is 0.00755. The van der Waals surface area contributed by atoms with Gasteiger partial charge in [-0.05, 0) is 31.2 Å². The molecule has 2 aromatic rings. The molecule has 2 rings (SSSR count). The van der Waals surface area contributed by atoms with Crippen LogP contribution in [0.3, 0.4) is 0 Å². The smallest absolute Gasteiger partial charge is 0.349 e. The van der Waals surface area contributed by atoms with E-state index in [1.165, 1.54) is 31.5 Å². The van der Waals surface area contributed by atoms with E-state index in [1.807, 2.05) is 0 Å². The number of hydrogen-bond acceptors (Lipinski definition) is 6. The number of rotatable bonds is 6. The van der Waals surface area contributed by atoms with Gasteiger partial charge in [0.1, 0.15) is 17.1 Å². The fourth-order valence-electron chi connectivity index (χ4n) is 1.87. The van der Waals surface area contributed by atoms with Gasteiger partial charge >= 0.3 is 5.97 Å². The molecule has 0 saturated carbocycles. The van der Waals surface area contributed by atoms with Crippen LogP contribution < -0.4 is 19.9 Å². The molecular weight excluding hydrogens is 300 g/mol. The molecule has 0 spiro atoms. The number of ether oxygens (including phenoxy) is 3. The van der Waals surface area contributed by atoms with Crippen LogP contribution in [0.1, 0.15) is 27.6 Å². The lowest BCUT2D eigenvalue weighted by Crippen LogP contribution is -2.17. The molecule has 0 atom stereocenters. The fourth-order valence-corrected chi connectivity index (χ4v) is 1.87. The van der Waals surface area contributed by atoms with Gasteiger partial charge < -0.3 is 19.9 Å². The van der Waals surface area contributed by atoms with Gasteiger partial charge in [0, 0.05) is 12.3 Å². The minimum atomic E-state index is -0.716. The summed E-state index contributed by atoms with van der Waals surface area (Å²) in [5.41, 5.74) is 5.51. The summed E-state index contributed by atoms with van der Waals surface area (Å²) < 4.78 is 15.6. The summed E-state index contributed by atoms with van der Waals surface area (Å²) in [5.74, 6) is -0.838. The van der Waals surface area contributed by atoms with E-state index in [-0.39, 0.29) is 22.8 Å². The second-order valence-corrected chi connectivity index (χ2v) is 4.40. The van der Waals surface area contributed by atoms with E-state index in [9.17, 15) is 9.59 Å². The van der Waals surface area contributed by atoms with E-state index >= 15 is 0 Å². The van der Waals surface area contributed by atoms with Crippen LogP contribution in [0.5, 0.6) is 17.4 Å². The fraction of sp³-hybridized carbons (Fsp3) is 0.188. The molecule has 23 heavy (non-hydrogen) atoms. The molecule has 2 N–H and O–H groups in total. The van der Waals surface area contributed by atoms with Crippen LogP contribution in [0.4, 0.5) is 0 Å². The first kappa shape index (κ1) is 16.3. The van der Waals surface area contributed by atoms with Crippen LogP contribution in [0.25, 0.3) is 0 Å². The molecule has 0 saturated heterocycles. The van der Waals surface area contributed by atoms with Crippen molar-refractivity contribution in [2.75, 3.05) is 13.7 Å². The second-order valence-electron chi connectivity index (χ2n) is 4.40. The standard InChI is InChI=1S/C16H16N2O5/c1-3-22-15-12(5-4-8-18-15)16(20)23-13-9-10(21-2)6-7-11(13)14(17)19/h4-9H,3H2,1-2H3,(H2,17,19). The highest BCUT2D eigenvalue weighted by molar-refractivity contribution is 5.99. The Hall–Kier alpha value is -3.09. The Bertz CT molecular complexity index is 730. The number of benzene rings is 1. The Kier molecular flexibility index (Phi) is 5.14. The maximum atomic E-state index is 12.3.